The second-order valence-electron chi connectivity index (χ2n) is 2.32. The molecule has 2 N–H and O–H groups in total. The Morgan fingerprint density at radius 1 is 1.27 bits per heavy atom. The lowest BCUT2D eigenvalue weighted by Crippen LogP contribution is -2.44. The Hall–Kier alpha value is -0.380. The van der Waals surface area contributed by atoms with Gasteiger partial charge >= 0.3 is 0 Å². The summed E-state index contributed by atoms with van der Waals surface area (Å²) in [6.45, 7) is 11.4. The summed E-state index contributed by atoms with van der Waals surface area (Å²) < 4.78 is 0. The molecule has 0 spiro atoms. The quantitative estimate of drug-likeness (QED) is 0.541. The predicted molar refractivity (Wildman–Crippen MR) is 47.6 cm³/mol. The number of β-amino-alcohol motifs (C(OH)–C–C–N with tert-alkyl or cyclic N) is 1. The first kappa shape index (κ1) is 10.6. The molecule has 0 unspecified atom stereocenters. The predicted octanol–water partition coefficient (Wildman–Crippen LogP) is -0.314. The molecule has 66 valence electrons. The van der Waals surface area contributed by atoms with Crippen LogP contribution in [0.25, 0.3) is 0 Å². The van der Waals surface area contributed by atoms with E-state index in [0.717, 1.165) is 32.7 Å². The second kappa shape index (κ2) is 7.72. The summed E-state index contributed by atoms with van der Waals surface area (Å²) in [6.07, 6.45) is 0. The third-order valence-corrected chi connectivity index (χ3v) is 1.63. The molecule has 0 bridgehead atoms. The largest absolute Gasteiger partial charge is 0.395 e. The minimum absolute atomic E-state index is 0.292. The van der Waals surface area contributed by atoms with E-state index in [0.29, 0.717) is 6.61 Å². The fourth-order valence-electron chi connectivity index (χ4n) is 1.08. The third kappa shape index (κ3) is 4.95. The molecule has 0 aromatic heterocycles. The minimum atomic E-state index is 0.292. The van der Waals surface area contributed by atoms with Crippen molar-refractivity contribution in [1.82, 2.24) is 10.2 Å². The van der Waals surface area contributed by atoms with Gasteiger partial charge in [-0.15, -0.1) is 13.2 Å². The highest BCUT2D eigenvalue weighted by atomic mass is 16.3. The fourth-order valence-corrected chi connectivity index (χ4v) is 1.08. The molecule has 1 rings (SSSR count). The maximum Gasteiger partial charge on any atom is 0.0558 e. The van der Waals surface area contributed by atoms with Crippen LogP contribution >= 0.6 is 0 Å². The van der Waals surface area contributed by atoms with Gasteiger partial charge in [0, 0.05) is 32.7 Å². The summed E-state index contributed by atoms with van der Waals surface area (Å²) >= 11 is 0. The molecule has 0 radical (unpaired) electrons. The van der Waals surface area contributed by atoms with Crippen LogP contribution in [0.5, 0.6) is 0 Å². The van der Waals surface area contributed by atoms with Gasteiger partial charge in [0.05, 0.1) is 6.61 Å². The van der Waals surface area contributed by atoms with Gasteiger partial charge in [-0.05, 0) is 0 Å². The fraction of sp³-hybridized carbons (Fsp3) is 0.750. The van der Waals surface area contributed by atoms with Crippen LogP contribution in [0, 0.1) is 0 Å². The van der Waals surface area contributed by atoms with Crippen LogP contribution in [0.15, 0.2) is 13.2 Å². The molecule has 0 saturated carbocycles. The summed E-state index contributed by atoms with van der Waals surface area (Å²) in [5, 5.41) is 11.8. The van der Waals surface area contributed by atoms with Gasteiger partial charge in [0.2, 0.25) is 0 Å². The van der Waals surface area contributed by atoms with E-state index in [4.69, 9.17) is 5.11 Å². The van der Waals surface area contributed by atoms with Crippen LogP contribution < -0.4 is 5.32 Å². The van der Waals surface area contributed by atoms with E-state index in [1.807, 2.05) is 0 Å². The molecule has 1 fully saturated rings. The van der Waals surface area contributed by atoms with E-state index in [2.05, 4.69) is 23.4 Å². The maximum absolute atomic E-state index is 8.56. The van der Waals surface area contributed by atoms with Crippen molar-refractivity contribution in [3.8, 4) is 0 Å². The molecule has 1 saturated heterocycles. The highest BCUT2D eigenvalue weighted by Crippen LogP contribution is 1.88. The van der Waals surface area contributed by atoms with Crippen molar-refractivity contribution < 1.29 is 5.11 Å². The van der Waals surface area contributed by atoms with Crippen LogP contribution in [0.1, 0.15) is 0 Å². The Bertz CT molecular complexity index is 79.4. The van der Waals surface area contributed by atoms with E-state index in [1.165, 1.54) is 0 Å². The van der Waals surface area contributed by atoms with Crippen molar-refractivity contribution in [2.24, 2.45) is 0 Å². The Labute approximate surface area is 68.7 Å². The number of hydrogen-bond acceptors (Lipinski definition) is 3. The Morgan fingerprint density at radius 3 is 2.27 bits per heavy atom. The van der Waals surface area contributed by atoms with Crippen molar-refractivity contribution in [3.05, 3.63) is 13.2 Å². The van der Waals surface area contributed by atoms with Gasteiger partial charge in [-0.1, -0.05) is 0 Å². The second-order valence-corrected chi connectivity index (χ2v) is 2.32. The molecule has 1 aliphatic heterocycles. The zero-order chi connectivity index (χ0) is 8.53. The third-order valence-electron chi connectivity index (χ3n) is 1.63. The highest BCUT2D eigenvalue weighted by Gasteiger charge is 2.06. The van der Waals surface area contributed by atoms with E-state index in [1.54, 1.807) is 0 Å². The van der Waals surface area contributed by atoms with E-state index >= 15 is 0 Å². The number of nitrogens with zero attached hydrogens (tertiary/aromatic N) is 1. The number of aliphatic hydroxyl groups excluding tert-OH is 1. The van der Waals surface area contributed by atoms with Crippen LogP contribution in [-0.2, 0) is 0 Å². The van der Waals surface area contributed by atoms with Gasteiger partial charge < -0.3 is 10.4 Å². The van der Waals surface area contributed by atoms with E-state index < -0.39 is 0 Å². The summed E-state index contributed by atoms with van der Waals surface area (Å²) in [7, 11) is 0. The first-order valence-corrected chi connectivity index (χ1v) is 3.97. The molecule has 0 aromatic carbocycles. The monoisotopic (exact) mass is 158 g/mol. The number of hydrogen-bond donors (Lipinski definition) is 2. The number of nitrogens with one attached hydrogen (secondary N) is 1. The van der Waals surface area contributed by atoms with Gasteiger partial charge in [-0.2, -0.15) is 0 Å². The average molecular weight is 158 g/mol. The van der Waals surface area contributed by atoms with Gasteiger partial charge in [0.1, 0.15) is 0 Å². The van der Waals surface area contributed by atoms with Crippen LogP contribution in [-0.4, -0.2) is 49.3 Å². The van der Waals surface area contributed by atoms with Gasteiger partial charge in [-0.25, -0.2) is 0 Å². The highest BCUT2D eigenvalue weighted by molar-refractivity contribution is 4.66. The lowest BCUT2D eigenvalue weighted by atomic mass is 10.4. The molecular weight excluding hydrogens is 140 g/mol. The normalized spacial score (nSPS) is 18.6. The SMILES string of the molecule is C=C.OCCN1CCNCC1. The van der Waals surface area contributed by atoms with E-state index in [9.17, 15) is 0 Å². The number of piperazine rings is 1. The molecule has 3 nitrogen and oxygen atoms in total. The van der Waals surface area contributed by atoms with Gasteiger partial charge in [0.25, 0.3) is 0 Å². The molecule has 0 atom stereocenters. The van der Waals surface area contributed by atoms with Crippen molar-refractivity contribution in [1.29, 1.82) is 0 Å². The molecule has 11 heavy (non-hydrogen) atoms. The zero-order valence-electron chi connectivity index (χ0n) is 7.05. The van der Waals surface area contributed by atoms with Crippen LogP contribution in [0.2, 0.25) is 0 Å². The zero-order valence-corrected chi connectivity index (χ0v) is 7.05. The Kier molecular flexibility index (Phi) is 7.46. The standard InChI is InChI=1S/C6H14N2O.C2H4/c9-6-5-8-3-1-7-2-4-8;1-2/h7,9H,1-6H2;1-2H2. The van der Waals surface area contributed by atoms with E-state index in [-0.39, 0.29) is 0 Å². The van der Waals surface area contributed by atoms with Crippen molar-refractivity contribution >= 4 is 0 Å². The minimum Gasteiger partial charge on any atom is -0.395 e. The molecule has 0 aliphatic carbocycles. The van der Waals surface area contributed by atoms with Crippen molar-refractivity contribution in [2.45, 2.75) is 0 Å². The molecule has 1 heterocycles. The van der Waals surface area contributed by atoms with Crippen molar-refractivity contribution in [2.75, 3.05) is 39.3 Å². The lowest BCUT2D eigenvalue weighted by Gasteiger charge is -2.25. The first-order valence-electron chi connectivity index (χ1n) is 3.97. The smallest absolute Gasteiger partial charge is 0.0558 e. The Balaban J connectivity index is 0.000000461. The molecule has 0 aromatic rings. The summed E-state index contributed by atoms with van der Waals surface area (Å²) in [5.41, 5.74) is 0. The van der Waals surface area contributed by atoms with Gasteiger partial charge in [-0.3, -0.25) is 4.90 Å². The summed E-state index contributed by atoms with van der Waals surface area (Å²) in [4.78, 5) is 2.26. The molecular formula is C8H18N2O. The average Bonchev–Trinajstić information content (AvgIpc) is 2.11. The van der Waals surface area contributed by atoms with Crippen molar-refractivity contribution in [3.63, 3.8) is 0 Å². The number of rotatable bonds is 2. The van der Waals surface area contributed by atoms with Crippen LogP contribution in [0.4, 0.5) is 0 Å². The molecule has 0 amide bonds. The maximum atomic E-state index is 8.56. The Morgan fingerprint density at radius 2 is 1.82 bits per heavy atom. The summed E-state index contributed by atoms with van der Waals surface area (Å²) in [5.74, 6) is 0. The molecule has 3 heteroatoms. The van der Waals surface area contributed by atoms with Gasteiger partial charge in [0.15, 0.2) is 0 Å². The summed E-state index contributed by atoms with van der Waals surface area (Å²) in [6, 6.07) is 0. The van der Waals surface area contributed by atoms with Crippen LogP contribution in [0.3, 0.4) is 0 Å². The lowest BCUT2D eigenvalue weighted by molar-refractivity contribution is 0.180. The number of aliphatic hydroxyl groups is 1. The molecule has 1 aliphatic rings. The first-order chi connectivity index (χ1) is 5.43. The topological polar surface area (TPSA) is 35.5 Å².